The zero-order valence-electron chi connectivity index (χ0n) is 14.9. The Hall–Kier alpha value is -3.26. The van der Waals surface area contributed by atoms with Gasteiger partial charge in [0.2, 0.25) is 5.16 Å². The van der Waals surface area contributed by atoms with Crippen molar-refractivity contribution in [3.63, 3.8) is 0 Å². The second-order valence-corrected chi connectivity index (χ2v) is 7.38. The van der Waals surface area contributed by atoms with E-state index in [1.54, 1.807) is 16.4 Å². The van der Waals surface area contributed by atoms with Gasteiger partial charge in [0.05, 0.1) is 16.7 Å². The van der Waals surface area contributed by atoms with E-state index in [9.17, 15) is 4.79 Å². The monoisotopic (exact) mass is 388 g/mol. The SMILES string of the molecule is O=C(CCc1nnc2n1N=C(c1ccccc1)CS2)c1nc2ccccc2[nH]1. The molecule has 138 valence electrons. The number of aromatic amines is 1. The van der Waals surface area contributed by atoms with Crippen molar-refractivity contribution < 1.29 is 4.79 Å². The van der Waals surface area contributed by atoms with Crippen molar-refractivity contribution in [2.24, 2.45) is 5.10 Å². The van der Waals surface area contributed by atoms with Crippen molar-refractivity contribution in [1.29, 1.82) is 0 Å². The maximum atomic E-state index is 12.6. The fourth-order valence-corrected chi connectivity index (χ4v) is 3.98. The van der Waals surface area contributed by atoms with Crippen molar-refractivity contribution in [1.82, 2.24) is 24.8 Å². The lowest BCUT2D eigenvalue weighted by Gasteiger charge is -2.13. The molecule has 0 saturated heterocycles. The Morgan fingerprint density at radius 2 is 1.89 bits per heavy atom. The summed E-state index contributed by atoms with van der Waals surface area (Å²) in [7, 11) is 0. The summed E-state index contributed by atoms with van der Waals surface area (Å²) < 4.78 is 1.75. The standard InChI is InChI=1S/C20H16N6OS/c27-17(19-21-14-8-4-5-9-15(14)22-19)10-11-18-23-24-20-26(18)25-16(12-28-20)13-6-2-1-3-7-13/h1-9H,10-12H2,(H,21,22). The van der Waals surface area contributed by atoms with E-state index in [0.717, 1.165) is 33.2 Å². The second kappa shape index (κ2) is 7.05. The molecule has 2 aromatic heterocycles. The summed E-state index contributed by atoms with van der Waals surface area (Å²) in [6, 6.07) is 17.7. The van der Waals surface area contributed by atoms with E-state index in [4.69, 9.17) is 5.10 Å². The molecule has 0 unspecified atom stereocenters. The van der Waals surface area contributed by atoms with Crippen LogP contribution in [-0.4, -0.2) is 42.1 Å². The van der Waals surface area contributed by atoms with E-state index in [1.165, 1.54) is 0 Å². The van der Waals surface area contributed by atoms with Crippen molar-refractivity contribution >= 4 is 34.3 Å². The first kappa shape index (κ1) is 16.9. The average Bonchev–Trinajstić information content (AvgIpc) is 3.36. The molecule has 0 saturated carbocycles. The number of hydrogen-bond acceptors (Lipinski definition) is 6. The third kappa shape index (κ3) is 3.11. The number of aryl methyl sites for hydroxylation is 1. The van der Waals surface area contributed by atoms with Gasteiger partial charge < -0.3 is 4.98 Å². The molecule has 1 aliphatic heterocycles. The molecule has 3 heterocycles. The summed E-state index contributed by atoms with van der Waals surface area (Å²) >= 11 is 1.60. The summed E-state index contributed by atoms with van der Waals surface area (Å²) in [4.78, 5) is 20.0. The van der Waals surface area contributed by atoms with Gasteiger partial charge in [-0.15, -0.1) is 10.2 Å². The van der Waals surface area contributed by atoms with Gasteiger partial charge in [-0.25, -0.2) is 4.98 Å². The van der Waals surface area contributed by atoms with Crippen molar-refractivity contribution in [2.45, 2.75) is 18.0 Å². The Morgan fingerprint density at radius 1 is 1.07 bits per heavy atom. The number of thioether (sulfide) groups is 1. The number of nitrogens with one attached hydrogen (secondary N) is 1. The van der Waals surface area contributed by atoms with Gasteiger partial charge in [0.15, 0.2) is 17.4 Å². The van der Waals surface area contributed by atoms with Crippen LogP contribution in [0.15, 0.2) is 64.9 Å². The van der Waals surface area contributed by atoms with Gasteiger partial charge in [0, 0.05) is 18.6 Å². The minimum atomic E-state index is -0.0516. The molecular weight excluding hydrogens is 372 g/mol. The number of hydrogen-bond donors (Lipinski definition) is 1. The van der Waals surface area contributed by atoms with E-state index in [0.29, 0.717) is 24.5 Å². The smallest absolute Gasteiger partial charge is 0.212 e. The van der Waals surface area contributed by atoms with Crippen LogP contribution in [0.3, 0.4) is 0 Å². The highest BCUT2D eigenvalue weighted by Crippen LogP contribution is 2.24. The van der Waals surface area contributed by atoms with Crippen LogP contribution in [0.2, 0.25) is 0 Å². The molecule has 0 atom stereocenters. The number of fused-ring (bicyclic) bond motifs is 2. The number of Topliss-reactive ketones (excluding diaryl/α,β-unsaturated/α-hetero) is 1. The molecule has 2 aromatic carbocycles. The molecule has 4 aromatic rings. The van der Waals surface area contributed by atoms with Crippen LogP contribution < -0.4 is 0 Å². The number of imidazole rings is 1. The highest BCUT2D eigenvalue weighted by Gasteiger charge is 2.21. The highest BCUT2D eigenvalue weighted by molar-refractivity contribution is 7.99. The molecule has 0 radical (unpaired) electrons. The number of carbonyl (C=O) groups excluding carboxylic acids is 1. The van der Waals surface area contributed by atoms with Crippen molar-refractivity contribution in [3.05, 3.63) is 71.8 Å². The molecule has 7 nitrogen and oxygen atoms in total. The molecule has 0 bridgehead atoms. The lowest BCUT2D eigenvalue weighted by Crippen LogP contribution is -2.15. The van der Waals surface area contributed by atoms with Gasteiger partial charge in [-0.05, 0) is 17.7 Å². The Morgan fingerprint density at radius 3 is 2.75 bits per heavy atom. The molecule has 1 aliphatic rings. The van der Waals surface area contributed by atoms with E-state index >= 15 is 0 Å². The third-order valence-corrected chi connectivity index (χ3v) is 5.50. The highest BCUT2D eigenvalue weighted by atomic mass is 32.2. The number of para-hydroxylation sites is 2. The lowest BCUT2D eigenvalue weighted by atomic mass is 10.1. The minimum Gasteiger partial charge on any atom is -0.335 e. The number of nitrogens with zero attached hydrogens (tertiary/aromatic N) is 5. The normalized spacial score (nSPS) is 13.4. The van der Waals surface area contributed by atoms with Gasteiger partial charge in [-0.2, -0.15) is 9.78 Å². The van der Waals surface area contributed by atoms with E-state index in [1.807, 2.05) is 54.6 Å². The maximum Gasteiger partial charge on any atom is 0.212 e. The van der Waals surface area contributed by atoms with E-state index < -0.39 is 0 Å². The minimum absolute atomic E-state index is 0.0516. The molecule has 0 aliphatic carbocycles. The number of ketones is 1. The Labute approximate surface area is 164 Å². The molecule has 0 spiro atoms. The number of H-pyrrole nitrogens is 1. The van der Waals surface area contributed by atoms with Crippen LogP contribution in [0.4, 0.5) is 0 Å². The van der Waals surface area contributed by atoms with Gasteiger partial charge in [0.25, 0.3) is 0 Å². The van der Waals surface area contributed by atoms with Gasteiger partial charge >= 0.3 is 0 Å². The topological polar surface area (TPSA) is 88.8 Å². The Bertz CT molecular complexity index is 1160. The van der Waals surface area contributed by atoms with Crippen LogP contribution in [-0.2, 0) is 6.42 Å². The fourth-order valence-electron chi connectivity index (χ4n) is 3.12. The molecule has 1 N–H and O–H groups in total. The predicted molar refractivity (Wildman–Crippen MR) is 108 cm³/mol. The first-order chi connectivity index (χ1) is 13.8. The van der Waals surface area contributed by atoms with Crippen LogP contribution in [0, 0.1) is 0 Å². The number of benzene rings is 2. The first-order valence-corrected chi connectivity index (χ1v) is 9.95. The maximum absolute atomic E-state index is 12.6. The van der Waals surface area contributed by atoms with Crippen LogP contribution in [0.1, 0.15) is 28.4 Å². The summed E-state index contributed by atoms with van der Waals surface area (Å²) in [5.41, 5.74) is 3.71. The second-order valence-electron chi connectivity index (χ2n) is 6.44. The largest absolute Gasteiger partial charge is 0.335 e. The lowest BCUT2D eigenvalue weighted by molar-refractivity contribution is 0.0973. The van der Waals surface area contributed by atoms with Gasteiger partial charge in [-0.1, -0.05) is 54.2 Å². The van der Waals surface area contributed by atoms with Crippen LogP contribution in [0.5, 0.6) is 0 Å². The molecule has 8 heteroatoms. The average molecular weight is 388 g/mol. The fraction of sp³-hybridized carbons (Fsp3) is 0.150. The third-order valence-electron chi connectivity index (χ3n) is 4.57. The van der Waals surface area contributed by atoms with Crippen LogP contribution >= 0.6 is 11.8 Å². The summed E-state index contributed by atoms with van der Waals surface area (Å²) in [6.07, 6.45) is 0.744. The first-order valence-electron chi connectivity index (χ1n) is 8.96. The Kier molecular flexibility index (Phi) is 4.25. The zero-order chi connectivity index (χ0) is 18.9. The van der Waals surface area contributed by atoms with Crippen LogP contribution in [0.25, 0.3) is 11.0 Å². The summed E-state index contributed by atoms with van der Waals surface area (Å²) in [6.45, 7) is 0. The number of carbonyl (C=O) groups is 1. The molecule has 28 heavy (non-hydrogen) atoms. The number of rotatable bonds is 5. The van der Waals surface area contributed by atoms with Crippen molar-refractivity contribution in [2.75, 3.05) is 5.75 Å². The van der Waals surface area contributed by atoms with Crippen molar-refractivity contribution in [3.8, 4) is 0 Å². The quantitative estimate of drug-likeness (QED) is 0.530. The molecule has 0 amide bonds. The zero-order valence-corrected chi connectivity index (χ0v) is 15.7. The predicted octanol–water partition coefficient (Wildman–Crippen LogP) is 3.33. The molecular formula is C20H16N6OS. The van der Waals surface area contributed by atoms with Gasteiger partial charge in [-0.3, -0.25) is 4.79 Å². The molecule has 0 fully saturated rings. The summed E-state index contributed by atoms with van der Waals surface area (Å²) in [5, 5.41) is 13.9. The van der Waals surface area contributed by atoms with E-state index in [-0.39, 0.29) is 5.78 Å². The Balaban J connectivity index is 1.35. The van der Waals surface area contributed by atoms with Gasteiger partial charge in [0.1, 0.15) is 0 Å². The molecule has 5 rings (SSSR count). The number of aromatic nitrogens is 5. The summed E-state index contributed by atoms with van der Waals surface area (Å²) in [5.74, 6) is 1.76. The van der Waals surface area contributed by atoms with E-state index in [2.05, 4.69) is 20.2 Å².